The maximum Gasteiger partial charge on any atom is 0.0557 e. The van der Waals surface area contributed by atoms with Crippen LogP contribution in [0.5, 0.6) is 0 Å². The summed E-state index contributed by atoms with van der Waals surface area (Å²) in [5.74, 6) is 0. The molecule has 2 heterocycles. The van der Waals surface area contributed by atoms with E-state index in [0.717, 1.165) is 13.0 Å². The smallest absolute Gasteiger partial charge is 0.0557 e. The van der Waals surface area contributed by atoms with Crippen molar-refractivity contribution in [3.05, 3.63) is 48.3 Å². The molecule has 0 spiro atoms. The van der Waals surface area contributed by atoms with Crippen LogP contribution in [0.4, 0.5) is 5.69 Å². The highest BCUT2D eigenvalue weighted by atomic mass is 15.6. The topological polar surface area (TPSA) is 19.4 Å². The summed E-state index contributed by atoms with van der Waals surface area (Å²) in [6.07, 6.45) is 4.80. The zero-order valence-electron chi connectivity index (χ0n) is 10.8. The normalized spacial score (nSPS) is 15.6. The van der Waals surface area contributed by atoms with Crippen molar-refractivity contribution in [2.45, 2.75) is 6.42 Å². The van der Waals surface area contributed by atoms with Gasteiger partial charge in [-0.1, -0.05) is 12.1 Å². The van der Waals surface area contributed by atoms with Gasteiger partial charge in [-0.25, -0.2) is 5.01 Å². The number of hydrogen-bond donors (Lipinski definition) is 0. The van der Waals surface area contributed by atoms with E-state index < -0.39 is 0 Å². The lowest BCUT2D eigenvalue weighted by Crippen LogP contribution is -2.42. The molecule has 1 aliphatic rings. The van der Waals surface area contributed by atoms with Crippen LogP contribution < -0.4 is 5.01 Å². The third-order valence-corrected chi connectivity index (χ3v) is 3.69. The fraction of sp³-hybridized carbons (Fsp3) is 0.267. The van der Waals surface area contributed by atoms with Gasteiger partial charge in [0.2, 0.25) is 0 Å². The summed E-state index contributed by atoms with van der Waals surface area (Å²) in [5.41, 5.74) is 5.32. The van der Waals surface area contributed by atoms with E-state index in [0.29, 0.717) is 0 Å². The van der Waals surface area contributed by atoms with Crippen LogP contribution in [0, 0.1) is 0 Å². The fourth-order valence-electron chi connectivity index (χ4n) is 2.55. The average molecular weight is 239 g/mol. The van der Waals surface area contributed by atoms with Crippen molar-refractivity contribution < 1.29 is 0 Å². The van der Waals surface area contributed by atoms with Gasteiger partial charge < -0.3 is 5.01 Å². The number of benzene rings is 1. The molecule has 3 rings (SSSR count). The Balaban J connectivity index is 2.14. The molecule has 92 valence electrons. The number of anilines is 1. The van der Waals surface area contributed by atoms with E-state index in [-0.39, 0.29) is 0 Å². The zero-order valence-corrected chi connectivity index (χ0v) is 10.8. The first-order valence-electron chi connectivity index (χ1n) is 6.24. The summed E-state index contributed by atoms with van der Waals surface area (Å²) in [6, 6.07) is 10.7. The molecule has 0 radical (unpaired) electrons. The molecule has 1 aliphatic heterocycles. The van der Waals surface area contributed by atoms with E-state index >= 15 is 0 Å². The van der Waals surface area contributed by atoms with Gasteiger partial charge in [-0.15, -0.1) is 0 Å². The van der Waals surface area contributed by atoms with Crippen LogP contribution >= 0.6 is 0 Å². The molecule has 0 atom stereocenters. The highest BCUT2D eigenvalue weighted by Crippen LogP contribution is 2.34. The molecule has 0 aliphatic carbocycles. The molecule has 1 aromatic carbocycles. The summed E-state index contributed by atoms with van der Waals surface area (Å²) in [4.78, 5) is 4.09. The van der Waals surface area contributed by atoms with Gasteiger partial charge in [0.15, 0.2) is 0 Å². The third kappa shape index (κ3) is 1.77. The van der Waals surface area contributed by atoms with Crippen molar-refractivity contribution in [3.63, 3.8) is 0 Å². The molecule has 0 bridgehead atoms. The van der Waals surface area contributed by atoms with E-state index in [4.69, 9.17) is 0 Å². The predicted octanol–water partition coefficient (Wildman–Crippen LogP) is 2.59. The van der Waals surface area contributed by atoms with Crippen molar-refractivity contribution in [2.75, 3.05) is 25.6 Å². The Morgan fingerprint density at radius 2 is 1.83 bits per heavy atom. The van der Waals surface area contributed by atoms with Crippen LogP contribution in [-0.2, 0) is 6.42 Å². The Labute approximate surface area is 108 Å². The predicted molar refractivity (Wildman–Crippen MR) is 74.4 cm³/mol. The SMILES string of the molecule is CN1CCc2c(-c3ccncc3)cccc2N1C. The Morgan fingerprint density at radius 3 is 2.61 bits per heavy atom. The first-order valence-corrected chi connectivity index (χ1v) is 6.24. The molecule has 0 amide bonds. The standard InChI is InChI=1S/C15H17N3/c1-17-11-8-14-13(12-6-9-16-10-7-12)4-3-5-15(14)18(17)2/h3-7,9-10H,8,11H2,1-2H3. The van der Waals surface area contributed by atoms with Crippen molar-refractivity contribution >= 4 is 5.69 Å². The van der Waals surface area contributed by atoms with Gasteiger partial charge >= 0.3 is 0 Å². The monoisotopic (exact) mass is 239 g/mol. The molecule has 0 N–H and O–H groups in total. The summed E-state index contributed by atoms with van der Waals surface area (Å²) in [7, 11) is 4.25. The highest BCUT2D eigenvalue weighted by Gasteiger charge is 2.20. The number of fused-ring (bicyclic) bond motifs is 1. The van der Waals surface area contributed by atoms with E-state index in [1.165, 1.54) is 22.4 Å². The summed E-state index contributed by atoms with van der Waals surface area (Å²) < 4.78 is 0. The Morgan fingerprint density at radius 1 is 1.06 bits per heavy atom. The number of likely N-dealkylation sites (N-methyl/N-ethyl adjacent to an activating group) is 1. The van der Waals surface area contributed by atoms with Gasteiger partial charge in [-0.2, -0.15) is 0 Å². The highest BCUT2D eigenvalue weighted by molar-refractivity contribution is 5.74. The van der Waals surface area contributed by atoms with E-state index in [9.17, 15) is 0 Å². The van der Waals surface area contributed by atoms with Crippen molar-refractivity contribution in [1.82, 2.24) is 9.99 Å². The molecule has 3 heteroatoms. The Bertz CT molecular complexity index is 551. The van der Waals surface area contributed by atoms with Crippen LogP contribution in [-0.4, -0.2) is 30.6 Å². The maximum atomic E-state index is 4.09. The van der Waals surface area contributed by atoms with Gasteiger partial charge in [-0.3, -0.25) is 4.98 Å². The van der Waals surface area contributed by atoms with Gasteiger partial charge in [0.25, 0.3) is 0 Å². The van der Waals surface area contributed by atoms with Crippen LogP contribution in [0.2, 0.25) is 0 Å². The maximum absolute atomic E-state index is 4.09. The first-order chi connectivity index (χ1) is 8.77. The zero-order chi connectivity index (χ0) is 12.5. The van der Waals surface area contributed by atoms with Gasteiger partial charge in [0.05, 0.1) is 5.69 Å². The third-order valence-electron chi connectivity index (χ3n) is 3.69. The largest absolute Gasteiger partial charge is 0.309 e. The second-order valence-corrected chi connectivity index (χ2v) is 4.69. The minimum atomic E-state index is 1.06. The average Bonchev–Trinajstić information content (AvgIpc) is 2.43. The van der Waals surface area contributed by atoms with Crippen LogP contribution in [0.15, 0.2) is 42.7 Å². The number of rotatable bonds is 1. The second kappa shape index (κ2) is 4.42. The summed E-state index contributed by atoms with van der Waals surface area (Å²) in [5, 5.41) is 4.47. The van der Waals surface area contributed by atoms with Gasteiger partial charge in [-0.05, 0) is 41.3 Å². The fourth-order valence-corrected chi connectivity index (χ4v) is 2.55. The summed E-state index contributed by atoms with van der Waals surface area (Å²) in [6.45, 7) is 1.06. The number of nitrogens with zero attached hydrogens (tertiary/aromatic N) is 3. The lowest BCUT2D eigenvalue weighted by atomic mass is 9.95. The molecular formula is C15H17N3. The minimum absolute atomic E-state index is 1.06. The summed E-state index contributed by atoms with van der Waals surface area (Å²) >= 11 is 0. The Kier molecular flexibility index (Phi) is 2.76. The molecular weight excluding hydrogens is 222 g/mol. The van der Waals surface area contributed by atoms with E-state index in [2.05, 4.69) is 59.4 Å². The molecule has 0 fully saturated rings. The van der Waals surface area contributed by atoms with Crippen LogP contribution in [0.25, 0.3) is 11.1 Å². The van der Waals surface area contributed by atoms with Gasteiger partial charge in [0.1, 0.15) is 0 Å². The number of hydrogen-bond acceptors (Lipinski definition) is 3. The minimum Gasteiger partial charge on any atom is -0.309 e. The quantitative estimate of drug-likeness (QED) is 0.762. The number of hydrazine groups is 1. The molecule has 2 aromatic rings. The molecule has 0 saturated heterocycles. The number of aromatic nitrogens is 1. The molecule has 1 aromatic heterocycles. The van der Waals surface area contributed by atoms with Crippen molar-refractivity contribution in [1.29, 1.82) is 0 Å². The van der Waals surface area contributed by atoms with Crippen LogP contribution in [0.3, 0.4) is 0 Å². The van der Waals surface area contributed by atoms with Gasteiger partial charge in [0, 0.05) is 33.0 Å². The molecule has 0 saturated carbocycles. The first kappa shape index (κ1) is 11.2. The lowest BCUT2D eigenvalue weighted by Gasteiger charge is -2.37. The van der Waals surface area contributed by atoms with E-state index in [1.807, 2.05) is 12.4 Å². The van der Waals surface area contributed by atoms with E-state index in [1.54, 1.807) is 0 Å². The molecule has 0 unspecified atom stereocenters. The Hall–Kier alpha value is -1.87. The lowest BCUT2D eigenvalue weighted by molar-refractivity contribution is 0.314. The van der Waals surface area contributed by atoms with Crippen LogP contribution in [0.1, 0.15) is 5.56 Å². The molecule has 3 nitrogen and oxygen atoms in total. The molecule has 18 heavy (non-hydrogen) atoms. The number of pyridine rings is 1. The van der Waals surface area contributed by atoms with Crippen molar-refractivity contribution in [2.24, 2.45) is 0 Å². The van der Waals surface area contributed by atoms with Crippen molar-refractivity contribution in [3.8, 4) is 11.1 Å². The second-order valence-electron chi connectivity index (χ2n) is 4.69.